The van der Waals surface area contributed by atoms with Crippen molar-refractivity contribution in [2.45, 2.75) is 25.7 Å². The summed E-state index contributed by atoms with van der Waals surface area (Å²) >= 11 is 0. The number of amides is 1. The second-order valence-corrected chi connectivity index (χ2v) is 3.29. The molecule has 0 aliphatic carbocycles. The first-order valence-electron chi connectivity index (χ1n) is 4.31. The highest BCUT2D eigenvalue weighted by Crippen LogP contribution is 2.26. The van der Waals surface area contributed by atoms with Crippen molar-refractivity contribution in [2.24, 2.45) is 5.73 Å². The second-order valence-electron chi connectivity index (χ2n) is 3.29. The van der Waals surface area contributed by atoms with Gasteiger partial charge in [-0.05, 0) is 31.0 Å². The van der Waals surface area contributed by atoms with E-state index in [2.05, 4.69) is 4.98 Å². The third-order valence-corrected chi connectivity index (χ3v) is 2.57. The third-order valence-electron chi connectivity index (χ3n) is 2.57. The summed E-state index contributed by atoms with van der Waals surface area (Å²) in [5.74, 6) is -0.291. The van der Waals surface area contributed by atoms with Crippen molar-refractivity contribution in [1.82, 2.24) is 4.98 Å². The summed E-state index contributed by atoms with van der Waals surface area (Å²) < 4.78 is 0. The van der Waals surface area contributed by atoms with E-state index >= 15 is 0 Å². The minimum Gasteiger partial charge on any atom is -0.369 e. The van der Waals surface area contributed by atoms with Crippen molar-refractivity contribution in [3.05, 3.63) is 30.1 Å². The summed E-state index contributed by atoms with van der Waals surface area (Å²) in [6.45, 7) is 3.80. The number of carbonyl (C=O) groups excluding carboxylic acids is 1. The zero-order chi connectivity index (χ0) is 9.90. The fraction of sp³-hybridized carbons (Fsp3) is 0.400. The van der Waals surface area contributed by atoms with Crippen molar-refractivity contribution in [3.63, 3.8) is 0 Å². The Balaban J connectivity index is 3.11. The monoisotopic (exact) mass is 178 g/mol. The van der Waals surface area contributed by atoms with Crippen LogP contribution in [0.1, 0.15) is 25.8 Å². The van der Waals surface area contributed by atoms with Crippen LogP contribution in [0.3, 0.4) is 0 Å². The van der Waals surface area contributed by atoms with Crippen molar-refractivity contribution >= 4 is 5.91 Å². The lowest BCUT2D eigenvalue weighted by Gasteiger charge is -2.24. The molecule has 1 amide bonds. The van der Waals surface area contributed by atoms with E-state index < -0.39 is 5.41 Å². The maximum absolute atomic E-state index is 11.3. The number of aromatic nitrogens is 1. The molecule has 0 fully saturated rings. The molecule has 0 aliphatic rings. The van der Waals surface area contributed by atoms with E-state index in [0.717, 1.165) is 5.56 Å². The van der Waals surface area contributed by atoms with E-state index in [1.807, 2.05) is 26.0 Å². The average molecular weight is 178 g/mol. The largest absolute Gasteiger partial charge is 0.369 e. The van der Waals surface area contributed by atoms with Gasteiger partial charge >= 0.3 is 0 Å². The fourth-order valence-electron chi connectivity index (χ4n) is 1.24. The maximum Gasteiger partial charge on any atom is 0.227 e. The van der Waals surface area contributed by atoms with E-state index in [0.29, 0.717) is 6.42 Å². The Kier molecular flexibility index (Phi) is 2.66. The van der Waals surface area contributed by atoms with Gasteiger partial charge in [0.2, 0.25) is 5.91 Å². The van der Waals surface area contributed by atoms with Crippen LogP contribution in [0.25, 0.3) is 0 Å². The van der Waals surface area contributed by atoms with Crippen LogP contribution in [0, 0.1) is 0 Å². The number of carbonyl (C=O) groups is 1. The molecule has 0 saturated carbocycles. The van der Waals surface area contributed by atoms with Crippen molar-refractivity contribution in [2.75, 3.05) is 0 Å². The molecule has 0 saturated heterocycles. The molecule has 1 aromatic rings. The van der Waals surface area contributed by atoms with Crippen LogP contribution in [-0.4, -0.2) is 10.9 Å². The molecule has 1 atom stereocenters. The summed E-state index contributed by atoms with van der Waals surface area (Å²) in [6.07, 6.45) is 4.05. The molecule has 1 aromatic heterocycles. The molecule has 0 spiro atoms. The van der Waals surface area contributed by atoms with Gasteiger partial charge < -0.3 is 5.73 Å². The Morgan fingerprint density at radius 1 is 1.54 bits per heavy atom. The van der Waals surface area contributed by atoms with Gasteiger partial charge in [-0.1, -0.05) is 6.92 Å². The minimum atomic E-state index is -0.567. The smallest absolute Gasteiger partial charge is 0.227 e. The predicted molar refractivity (Wildman–Crippen MR) is 51.1 cm³/mol. The fourth-order valence-corrected chi connectivity index (χ4v) is 1.24. The number of pyridine rings is 1. The predicted octanol–water partition coefficient (Wildman–Crippen LogP) is 1.23. The molecule has 2 N–H and O–H groups in total. The van der Waals surface area contributed by atoms with Gasteiger partial charge in [-0.2, -0.15) is 0 Å². The molecule has 0 aromatic carbocycles. The van der Waals surface area contributed by atoms with Crippen molar-refractivity contribution in [3.8, 4) is 0 Å². The van der Waals surface area contributed by atoms with Gasteiger partial charge in [-0.25, -0.2) is 0 Å². The Morgan fingerprint density at radius 2 is 2.08 bits per heavy atom. The van der Waals surface area contributed by atoms with Gasteiger partial charge in [-0.3, -0.25) is 9.78 Å². The lowest BCUT2D eigenvalue weighted by molar-refractivity contribution is -0.123. The van der Waals surface area contributed by atoms with E-state index in [1.54, 1.807) is 12.4 Å². The summed E-state index contributed by atoms with van der Waals surface area (Å²) in [6, 6.07) is 3.66. The molecule has 70 valence electrons. The number of rotatable bonds is 3. The molecule has 3 heteroatoms. The topological polar surface area (TPSA) is 56.0 Å². The summed E-state index contributed by atoms with van der Waals surface area (Å²) in [4.78, 5) is 15.2. The zero-order valence-corrected chi connectivity index (χ0v) is 7.95. The minimum absolute atomic E-state index is 0.291. The SMILES string of the molecule is CCC(C)(C(N)=O)c1ccncc1. The van der Waals surface area contributed by atoms with Crippen LogP contribution in [0.15, 0.2) is 24.5 Å². The average Bonchev–Trinajstić information content (AvgIpc) is 2.17. The van der Waals surface area contributed by atoms with Crippen LogP contribution in [0.2, 0.25) is 0 Å². The van der Waals surface area contributed by atoms with Gasteiger partial charge in [0.25, 0.3) is 0 Å². The highest BCUT2D eigenvalue weighted by Gasteiger charge is 2.30. The quantitative estimate of drug-likeness (QED) is 0.757. The number of primary amides is 1. The van der Waals surface area contributed by atoms with E-state index in [-0.39, 0.29) is 5.91 Å². The van der Waals surface area contributed by atoms with Gasteiger partial charge in [0, 0.05) is 12.4 Å². The number of hydrogen-bond donors (Lipinski definition) is 1. The molecule has 0 aliphatic heterocycles. The summed E-state index contributed by atoms with van der Waals surface area (Å²) in [5, 5.41) is 0. The van der Waals surface area contributed by atoms with E-state index in [1.165, 1.54) is 0 Å². The highest BCUT2D eigenvalue weighted by atomic mass is 16.1. The van der Waals surface area contributed by atoms with Crippen molar-refractivity contribution < 1.29 is 4.79 Å². The molecule has 3 nitrogen and oxygen atoms in total. The molecule has 13 heavy (non-hydrogen) atoms. The van der Waals surface area contributed by atoms with Crippen LogP contribution in [-0.2, 0) is 10.2 Å². The van der Waals surface area contributed by atoms with Crippen LogP contribution < -0.4 is 5.73 Å². The third kappa shape index (κ3) is 1.69. The molecular weight excluding hydrogens is 164 g/mol. The number of nitrogens with two attached hydrogens (primary N) is 1. The van der Waals surface area contributed by atoms with Gasteiger partial charge in [0.15, 0.2) is 0 Å². The lowest BCUT2D eigenvalue weighted by Crippen LogP contribution is -2.37. The van der Waals surface area contributed by atoms with Gasteiger partial charge in [0.05, 0.1) is 5.41 Å². The lowest BCUT2D eigenvalue weighted by atomic mass is 9.80. The molecule has 1 heterocycles. The molecule has 1 unspecified atom stereocenters. The highest BCUT2D eigenvalue weighted by molar-refractivity contribution is 5.86. The van der Waals surface area contributed by atoms with E-state index in [4.69, 9.17) is 5.73 Å². The van der Waals surface area contributed by atoms with Gasteiger partial charge in [-0.15, -0.1) is 0 Å². The van der Waals surface area contributed by atoms with Crippen LogP contribution in [0.4, 0.5) is 0 Å². The van der Waals surface area contributed by atoms with Crippen LogP contribution in [0.5, 0.6) is 0 Å². The Bertz CT molecular complexity index is 297. The summed E-state index contributed by atoms with van der Waals surface area (Å²) in [7, 11) is 0. The molecule has 0 radical (unpaired) electrons. The Morgan fingerprint density at radius 3 is 2.46 bits per heavy atom. The van der Waals surface area contributed by atoms with Crippen LogP contribution >= 0.6 is 0 Å². The number of hydrogen-bond acceptors (Lipinski definition) is 2. The standard InChI is InChI=1S/C10H14N2O/c1-3-10(2,9(11)13)8-4-6-12-7-5-8/h4-7H,3H2,1-2H3,(H2,11,13). The summed E-state index contributed by atoms with van der Waals surface area (Å²) in [5.41, 5.74) is 5.72. The number of nitrogens with zero attached hydrogens (tertiary/aromatic N) is 1. The van der Waals surface area contributed by atoms with Gasteiger partial charge in [0.1, 0.15) is 0 Å². The van der Waals surface area contributed by atoms with E-state index in [9.17, 15) is 4.79 Å². The Hall–Kier alpha value is -1.38. The molecular formula is C10H14N2O. The zero-order valence-electron chi connectivity index (χ0n) is 7.95. The normalized spacial score (nSPS) is 14.9. The first kappa shape index (κ1) is 9.71. The molecule has 1 rings (SSSR count). The second kappa shape index (κ2) is 3.56. The first-order valence-corrected chi connectivity index (χ1v) is 4.31. The molecule has 0 bridgehead atoms. The Labute approximate surface area is 78.0 Å². The van der Waals surface area contributed by atoms with Crippen molar-refractivity contribution in [1.29, 1.82) is 0 Å². The first-order chi connectivity index (χ1) is 6.11. The maximum atomic E-state index is 11.3.